The van der Waals surface area contributed by atoms with Gasteiger partial charge < -0.3 is 19.9 Å². The van der Waals surface area contributed by atoms with Crippen LogP contribution in [0.25, 0.3) is 22.3 Å². The van der Waals surface area contributed by atoms with Crippen molar-refractivity contribution in [1.82, 2.24) is 25.0 Å². The molecular weight excluding hydrogens is 342 g/mol. The first kappa shape index (κ1) is 17.5. The van der Waals surface area contributed by atoms with E-state index in [1.165, 1.54) is 0 Å². The lowest BCUT2D eigenvalue weighted by Crippen LogP contribution is -2.48. The van der Waals surface area contributed by atoms with Gasteiger partial charge in [-0.05, 0) is 37.9 Å². The predicted octanol–water partition coefficient (Wildman–Crippen LogP) is 2.21. The minimum Gasteiger partial charge on any atom is -0.507 e. The number of carbonyl (C=O) groups is 1. The van der Waals surface area contributed by atoms with Gasteiger partial charge in [0.15, 0.2) is 5.65 Å². The average molecular weight is 365 g/mol. The van der Waals surface area contributed by atoms with E-state index in [-0.39, 0.29) is 11.7 Å². The number of aromatic amines is 1. The van der Waals surface area contributed by atoms with E-state index in [9.17, 15) is 9.90 Å². The molecule has 140 valence electrons. The van der Waals surface area contributed by atoms with Crippen LogP contribution in [0.3, 0.4) is 0 Å². The topological polar surface area (TPSA) is 85.4 Å². The van der Waals surface area contributed by atoms with E-state index in [1.807, 2.05) is 48.3 Å². The number of phenols is 1. The molecule has 0 aliphatic carbocycles. The minimum atomic E-state index is 0.185. The lowest BCUT2D eigenvalue weighted by molar-refractivity contribution is -0.135. The number of carbonyl (C=O) groups excluding carboxylic acids is 1. The molecule has 0 spiro atoms. The number of benzene rings is 1. The highest BCUT2D eigenvalue weighted by Gasteiger charge is 2.33. The molecule has 27 heavy (non-hydrogen) atoms. The van der Waals surface area contributed by atoms with E-state index < -0.39 is 0 Å². The van der Waals surface area contributed by atoms with Crippen LogP contribution < -0.4 is 0 Å². The maximum absolute atomic E-state index is 12.2. The SMILES string of the molecule is CN(C)CCC(=O)N1CC(c2c[nH]c3nnc(-c4ccccc4O)cc23)C1. The zero-order chi connectivity index (χ0) is 19.0. The Hall–Kier alpha value is -2.93. The van der Waals surface area contributed by atoms with E-state index in [2.05, 4.69) is 15.2 Å². The summed E-state index contributed by atoms with van der Waals surface area (Å²) < 4.78 is 0. The Morgan fingerprint density at radius 1 is 1.30 bits per heavy atom. The molecule has 3 heterocycles. The number of phenolic OH excluding ortho intramolecular Hbond substituents is 1. The largest absolute Gasteiger partial charge is 0.507 e. The molecule has 0 radical (unpaired) electrons. The Morgan fingerprint density at radius 3 is 2.81 bits per heavy atom. The van der Waals surface area contributed by atoms with E-state index in [1.54, 1.807) is 12.1 Å². The maximum atomic E-state index is 12.2. The molecule has 0 bridgehead atoms. The lowest BCUT2D eigenvalue weighted by Gasteiger charge is -2.39. The molecule has 7 nitrogen and oxygen atoms in total. The third-order valence-corrected chi connectivity index (χ3v) is 5.10. The number of H-pyrrole nitrogens is 1. The molecule has 2 aromatic heterocycles. The van der Waals surface area contributed by atoms with Crippen LogP contribution in [-0.4, -0.2) is 69.7 Å². The third kappa shape index (κ3) is 3.38. The Balaban J connectivity index is 1.53. The van der Waals surface area contributed by atoms with Crippen LogP contribution in [0.4, 0.5) is 0 Å². The quantitative estimate of drug-likeness (QED) is 0.724. The molecule has 0 saturated carbocycles. The normalized spacial score (nSPS) is 14.7. The van der Waals surface area contributed by atoms with E-state index >= 15 is 0 Å². The van der Waals surface area contributed by atoms with Crippen molar-refractivity contribution in [3.05, 3.63) is 42.1 Å². The Kier molecular flexibility index (Phi) is 4.53. The van der Waals surface area contributed by atoms with Crippen LogP contribution in [0.15, 0.2) is 36.5 Å². The highest BCUT2D eigenvalue weighted by molar-refractivity contribution is 5.85. The summed E-state index contributed by atoms with van der Waals surface area (Å²) in [4.78, 5) is 19.3. The molecule has 1 aliphatic heterocycles. The summed E-state index contributed by atoms with van der Waals surface area (Å²) in [6.07, 6.45) is 2.51. The van der Waals surface area contributed by atoms with Crippen molar-refractivity contribution in [1.29, 1.82) is 0 Å². The van der Waals surface area contributed by atoms with Gasteiger partial charge in [-0.1, -0.05) is 12.1 Å². The first-order valence-corrected chi connectivity index (χ1v) is 9.08. The van der Waals surface area contributed by atoms with Crippen molar-refractivity contribution in [2.24, 2.45) is 0 Å². The number of amides is 1. The first-order valence-electron chi connectivity index (χ1n) is 9.08. The van der Waals surface area contributed by atoms with Crippen molar-refractivity contribution < 1.29 is 9.90 Å². The second kappa shape index (κ2) is 7.00. The molecule has 2 N–H and O–H groups in total. The fraction of sp³-hybridized carbons (Fsp3) is 0.350. The molecule has 1 aliphatic rings. The molecule has 3 aromatic rings. The first-order chi connectivity index (χ1) is 13.0. The molecule has 4 rings (SSSR count). The Morgan fingerprint density at radius 2 is 2.07 bits per heavy atom. The van der Waals surface area contributed by atoms with Gasteiger partial charge in [0.05, 0.1) is 5.69 Å². The summed E-state index contributed by atoms with van der Waals surface area (Å²) in [5.74, 6) is 0.683. The second-order valence-electron chi connectivity index (χ2n) is 7.30. The number of rotatable bonds is 5. The number of nitrogens with zero attached hydrogens (tertiary/aromatic N) is 4. The van der Waals surface area contributed by atoms with Crippen LogP contribution in [-0.2, 0) is 4.79 Å². The van der Waals surface area contributed by atoms with Crippen molar-refractivity contribution in [2.75, 3.05) is 33.7 Å². The van der Waals surface area contributed by atoms with Crippen molar-refractivity contribution in [2.45, 2.75) is 12.3 Å². The molecule has 0 atom stereocenters. The number of aromatic nitrogens is 3. The van der Waals surface area contributed by atoms with Gasteiger partial charge in [-0.2, -0.15) is 0 Å². The number of fused-ring (bicyclic) bond motifs is 1. The standard InChI is InChI=1S/C20H23N5O2/c1-24(2)8-7-19(27)25-11-13(12-25)16-10-21-20-15(16)9-17(22-23-20)14-5-3-4-6-18(14)26/h3-6,9-10,13,26H,7-8,11-12H2,1-2H3,(H,21,23). The molecule has 1 aromatic carbocycles. The van der Waals surface area contributed by atoms with Gasteiger partial charge in [0.2, 0.25) is 5.91 Å². The summed E-state index contributed by atoms with van der Waals surface area (Å²) in [6, 6.07) is 9.07. The number of hydrogen-bond donors (Lipinski definition) is 2. The predicted molar refractivity (Wildman–Crippen MR) is 103 cm³/mol. The van der Waals surface area contributed by atoms with Crippen LogP contribution >= 0.6 is 0 Å². The number of para-hydroxylation sites is 1. The van der Waals surface area contributed by atoms with Gasteiger partial charge in [0, 0.05) is 49.1 Å². The number of likely N-dealkylation sites (tertiary alicyclic amines) is 1. The number of aromatic hydroxyl groups is 1. The van der Waals surface area contributed by atoms with E-state index in [4.69, 9.17) is 0 Å². The molecule has 1 amide bonds. The van der Waals surface area contributed by atoms with Crippen molar-refractivity contribution >= 4 is 16.9 Å². The average Bonchev–Trinajstić information content (AvgIpc) is 3.02. The molecule has 7 heteroatoms. The monoisotopic (exact) mass is 365 g/mol. The summed E-state index contributed by atoms with van der Waals surface area (Å²) in [6.45, 7) is 2.23. The second-order valence-corrected chi connectivity index (χ2v) is 7.30. The zero-order valence-electron chi connectivity index (χ0n) is 15.5. The number of nitrogens with one attached hydrogen (secondary N) is 1. The van der Waals surface area contributed by atoms with Gasteiger partial charge >= 0.3 is 0 Å². The van der Waals surface area contributed by atoms with E-state index in [0.717, 1.165) is 36.2 Å². The van der Waals surface area contributed by atoms with Gasteiger partial charge in [-0.25, -0.2) is 0 Å². The molecule has 1 saturated heterocycles. The van der Waals surface area contributed by atoms with Crippen LogP contribution in [0.1, 0.15) is 17.9 Å². The van der Waals surface area contributed by atoms with Gasteiger partial charge in [0.25, 0.3) is 0 Å². The highest BCUT2D eigenvalue weighted by Crippen LogP contribution is 2.34. The van der Waals surface area contributed by atoms with Gasteiger partial charge in [0.1, 0.15) is 5.75 Å². The van der Waals surface area contributed by atoms with Crippen LogP contribution in [0, 0.1) is 0 Å². The van der Waals surface area contributed by atoms with Crippen LogP contribution in [0.5, 0.6) is 5.75 Å². The summed E-state index contributed by atoms with van der Waals surface area (Å²) >= 11 is 0. The Labute approximate surface area is 157 Å². The Bertz CT molecular complexity index is 975. The van der Waals surface area contributed by atoms with Gasteiger partial charge in [-0.15, -0.1) is 10.2 Å². The molecule has 1 fully saturated rings. The summed E-state index contributed by atoms with van der Waals surface area (Å²) in [5, 5.41) is 19.6. The zero-order valence-corrected chi connectivity index (χ0v) is 15.5. The van der Waals surface area contributed by atoms with Crippen molar-refractivity contribution in [3.8, 4) is 17.0 Å². The fourth-order valence-corrected chi connectivity index (χ4v) is 3.46. The smallest absolute Gasteiger partial charge is 0.223 e. The lowest BCUT2D eigenvalue weighted by atomic mass is 9.91. The summed E-state index contributed by atoms with van der Waals surface area (Å²) in [5.41, 5.74) is 3.17. The molecular formula is C20H23N5O2. The number of hydrogen-bond acceptors (Lipinski definition) is 5. The van der Waals surface area contributed by atoms with Crippen molar-refractivity contribution in [3.63, 3.8) is 0 Å². The fourth-order valence-electron chi connectivity index (χ4n) is 3.46. The molecule has 0 unspecified atom stereocenters. The maximum Gasteiger partial charge on any atom is 0.223 e. The third-order valence-electron chi connectivity index (χ3n) is 5.10. The van der Waals surface area contributed by atoms with Gasteiger partial charge in [-0.3, -0.25) is 4.79 Å². The van der Waals surface area contributed by atoms with Crippen LogP contribution in [0.2, 0.25) is 0 Å². The summed E-state index contributed by atoms with van der Waals surface area (Å²) in [7, 11) is 3.95. The highest BCUT2D eigenvalue weighted by atomic mass is 16.3. The van der Waals surface area contributed by atoms with E-state index in [0.29, 0.717) is 23.6 Å². The minimum absolute atomic E-state index is 0.185.